The number of nitrogens with one attached hydrogen (secondary N) is 2. The molecule has 0 spiro atoms. The second-order valence-electron chi connectivity index (χ2n) is 6.40. The molecule has 0 aromatic heterocycles. The highest BCUT2D eigenvalue weighted by Gasteiger charge is 2.24. The van der Waals surface area contributed by atoms with E-state index in [1.807, 2.05) is 13.8 Å². The Balaban J connectivity index is 2.50. The van der Waals surface area contributed by atoms with Gasteiger partial charge in [-0.25, -0.2) is 12.8 Å². The minimum absolute atomic E-state index is 0.00333. The molecule has 1 amide bonds. The summed E-state index contributed by atoms with van der Waals surface area (Å²) in [6.45, 7) is 4.25. The van der Waals surface area contributed by atoms with Crippen LogP contribution < -0.4 is 19.5 Å². The Morgan fingerprint density at radius 2 is 1.82 bits per heavy atom. The van der Waals surface area contributed by atoms with Gasteiger partial charge in [0.05, 0.1) is 30.4 Å². The van der Waals surface area contributed by atoms with Crippen molar-refractivity contribution < 1.29 is 27.1 Å². The van der Waals surface area contributed by atoms with Crippen LogP contribution in [0.2, 0.25) is 0 Å². The Morgan fingerprint density at radius 3 is 2.39 bits per heavy atom. The number of para-hydroxylation sites is 1. The van der Waals surface area contributed by atoms with E-state index in [1.54, 1.807) is 0 Å². The van der Waals surface area contributed by atoms with Crippen LogP contribution in [0.15, 0.2) is 41.3 Å². The van der Waals surface area contributed by atoms with Gasteiger partial charge in [-0.3, -0.25) is 9.52 Å². The molecule has 2 rings (SSSR count). The van der Waals surface area contributed by atoms with Gasteiger partial charge in [0, 0.05) is 12.6 Å². The van der Waals surface area contributed by atoms with E-state index >= 15 is 0 Å². The van der Waals surface area contributed by atoms with Crippen molar-refractivity contribution >= 4 is 21.6 Å². The fraction of sp³-hybridized carbons (Fsp3) is 0.316. The summed E-state index contributed by atoms with van der Waals surface area (Å²) in [6.07, 6.45) is 0. The van der Waals surface area contributed by atoms with E-state index in [0.29, 0.717) is 6.54 Å². The molecule has 0 aliphatic carbocycles. The average Bonchev–Trinajstić information content (AvgIpc) is 2.66. The number of anilines is 1. The highest BCUT2D eigenvalue weighted by molar-refractivity contribution is 7.92. The Morgan fingerprint density at radius 1 is 1.14 bits per heavy atom. The maximum Gasteiger partial charge on any atom is 0.262 e. The molecule has 7 nitrogen and oxygen atoms in total. The van der Waals surface area contributed by atoms with Gasteiger partial charge in [-0.1, -0.05) is 26.0 Å². The largest absolute Gasteiger partial charge is 0.493 e. The third-order valence-corrected chi connectivity index (χ3v) is 5.14. The van der Waals surface area contributed by atoms with Gasteiger partial charge >= 0.3 is 0 Å². The van der Waals surface area contributed by atoms with Gasteiger partial charge in [-0.2, -0.15) is 0 Å². The zero-order valence-corrected chi connectivity index (χ0v) is 16.9. The van der Waals surface area contributed by atoms with Gasteiger partial charge in [0.15, 0.2) is 11.5 Å². The fourth-order valence-corrected chi connectivity index (χ4v) is 3.51. The number of methoxy groups -OCH3 is 2. The molecule has 0 radical (unpaired) electrons. The SMILES string of the molecule is COc1cc(S(=O)(=O)Nc2ccccc2F)cc(C(=O)NCC(C)C)c1OC. The first-order chi connectivity index (χ1) is 13.2. The van der Waals surface area contributed by atoms with E-state index in [4.69, 9.17) is 9.47 Å². The van der Waals surface area contributed by atoms with Crippen molar-refractivity contribution in [2.45, 2.75) is 18.7 Å². The molecule has 0 aliphatic rings. The quantitative estimate of drug-likeness (QED) is 0.698. The zero-order chi connectivity index (χ0) is 20.9. The molecule has 9 heteroatoms. The van der Waals surface area contributed by atoms with Crippen LogP contribution >= 0.6 is 0 Å². The molecule has 152 valence electrons. The summed E-state index contributed by atoms with van der Waals surface area (Å²) in [5, 5.41) is 2.71. The smallest absolute Gasteiger partial charge is 0.262 e. The molecule has 0 heterocycles. The Kier molecular flexibility index (Phi) is 6.85. The van der Waals surface area contributed by atoms with Crippen LogP contribution in [-0.4, -0.2) is 35.1 Å². The first-order valence-electron chi connectivity index (χ1n) is 8.51. The molecule has 2 aromatic carbocycles. The van der Waals surface area contributed by atoms with E-state index in [-0.39, 0.29) is 33.6 Å². The molecule has 0 unspecified atom stereocenters. The third-order valence-electron chi connectivity index (χ3n) is 3.80. The summed E-state index contributed by atoms with van der Waals surface area (Å²) in [6, 6.07) is 7.75. The number of carbonyl (C=O) groups is 1. The van der Waals surface area contributed by atoms with Gasteiger partial charge in [-0.05, 0) is 24.1 Å². The van der Waals surface area contributed by atoms with Crippen molar-refractivity contribution in [1.82, 2.24) is 5.32 Å². The first kappa shape index (κ1) is 21.5. The van der Waals surface area contributed by atoms with Crippen molar-refractivity contribution in [3.63, 3.8) is 0 Å². The van der Waals surface area contributed by atoms with Crippen LogP contribution in [0.25, 0.3) is 0 Å². The molecule has 2 N–H and O–H groups in total. The molecule has 0 saturated heterocycles. The summed E-state index contributed by atoms with van der Waals surface area (Å²) in [5.74, 6) is -0.859. The number of halogens is 1. The number of benzene rings is 2. The fourth-order valence-electron chi connectivity index (χ4n) is 2.40. The maximum absolute atomic E-state index is 13.8. The molecule has 2 aromatic rings. The number of ether oxygens (including phenoxy) is 2. The minimum atomic E-state index is -4.19. The predicted octanol–water partition coefficient (Wildman–Crippen LogP) is 3.03. The Bertz CT molecular complexity index is 961. The summed E-state index contributed by atoms with van der Waals surface area (Å²) >= 11 is 0. The zero-order valence-electron chi connectivity index (χ0n) is 16.1. The molecule has 0 bridgehead atoms. The molecule has 0 fully saturated rings. The van der Waals surface area contributed by atoms with Crippen LogP contribution in [0, 0.1) is 11.7 Å². The standard InChI is InChI=1S/C19H23FN2O5S/c1-12(2)11-21-19(23)14-9-13(10-17(26-3)18(14)27-4)28(24,25)22-16-8-6-5-7-15(16)20/h5-10,12,22H,11H2,1-4H3,(H,21,23). The first-order valence-corrected chi connectivity index (χ1v) is 9.99. The van der Waals surface area contributed by atoms with E-state index in [0.717, 1.165) is 6.07 Å². The van der Waals surface area contributed by atoms with Crippen molar-refractivity contribution in [3.8, 4) is 11.5 Å². The Hall–Kier alpha value is -2.81. The van der Waals surface area contributed by atoms with Gasteiger partial charge in [0.2, 0.25) is 0 Å². The average molecular weight is 410 g/mol. The van der Waals surface area contributed by atoms with Crippen LogP contribution in [-0.2, 0) is 10.0 Å². The summed E-state index contributed by atoms with van der Waals surface area (Å²) in [5.41, 5.74) is -0.209. The number of amides is 1. The topological polar surface area (TPSA) is 93.7 Å². The molecule has 0 atom stereocenters. The van der Waals surface area contributed by atoms with Crippen molar-refractivity contribution in [3.05, 3.63) is 47.8 Å². The van der Waals surface area contributed by atoms with E-state index < -0.39 is 21.7 Å². The van der Waals surface area contributed by atoms with E-state index in [2.05, 4.69) is 10.0 Å². The minimum Gasteiger partial charge on any atom is -0.493 e. The highest BCUT2D eigenvalue weighted by atomic mass is 32.2. The van der Waals surface area contributed by atoms with E-state index in [9.17, 15) is 17.6 Å². The number of carbonyl (C=O) groups excluding carboxylic acids is 1. The van der Waals surface area contributed by atoms with Gasteiger partial charge in [0.25, 0.3) is 15.9 Å². The van der Waals surface area contributed by atoms with E-state index in [1.165, 1.54) is 44.6 Å². The lowest BCUT2D eigenvalue weighted by Crippen LogP contribution is -2.28. The molecular weight excluding hydrogens is 387 g/mol. The van der Waals surface area contributed by atoms with Gasteiger partial charge < -0.3 is 14.8 Å². The summed E-state index contributed by atoms with van der Waals surface area (Å²) in [7, 11) is -1.51. The molecule has 28 heavy (non-hydrogen) atoms. The predicted molar refractivity (Wildman–Crippen MR) is 104 cm³/mol. The van der Waals surface area contributed by atoms with Gasteiger partial charge in [0.1, 0.15) is 5.82 Å². The third kappa shape index (κ3) is 4.92. The van der Waals surface area contributed by atoms with Crippen LogP contribution in [0.3, 0.4) is 0 Å². The molecular formula is C19H23FN2O5S. The number of rotatable bonds is 8. The maximum atomic E-state index is 13.8. The van der Waals surface area contributed by atoms with Crippen LogP contribution in [0.4, 0.5) is 10.1 Å². The second-order valence-corrected chi connectivity index (χ2v) is 8.08. The lowest BCUT2D eigenvalue weighted by Gasteiger charge is -2.16. The lowest BCUT2D eigenvalue weighted by molar-refractivity contribution is 0.0945. The second kappa shape index (κ2) is 8.92. The lowest BCUT2D eigenvalue weighted by atomic mass is 10.1. The summed E-state index contributed by atoms with van der Waals surface area (Å²) in [4.78, 5) is 12.3. The number of hydrogen-bond donors (Lipinski definition) is 2. The van der Waals surface area contributed by atoms with Gasteiger partial charge in [-0.15, -0.1) is 0 Å². The van der Waals surface area contributed by atoms with Crippen molar-refractivity contribution in [2.24, 2.45) is 5.92 Å². The monoisotopic (exact) mass is 410 g/mol. The molecule has 0 saturated carbocycles. The highest BCUT2D eigenvalue weighted by Crippen LogP contribution is 2.35. The molecule has 0 aliphatic heterocycles. The normalized spacial score (nSPS) is 11.2. The number of hydrogen-bond acceptors (Lipinski definition) is 5. The van der Waals surface area contributed by atoms with Crippen molar-refractivity contribution in [1.29, 1.82) is 0 Å². The van der Waals surface area contributed by atoms with Crippen LogP contribution in [0.1, 0.15) is 24.2 Å². The summed E-state index contributed by atoms with van der Waals surface area (Å²) < 4.78 is 52.0. The Labute approximate surface area is 163 Å². The van der Waals surface area contributed by atoms with Crippen molar-refractivity contribution in [2.75, 3.05) is 25.5 Å². The van der Waals surface area contributed by atoms with Crippen LogP contribution in [0.5, 0.6) is 11.5 Å². The number of sulfonamides is 1.